The molecule has 0 aliphatic heterocycles. The van der Waals surface area contributed by atoms with Gasteiger partial charge in [-0.1, -0.05) is 0 Å². The first-order valence-electron chi connectivity index (χ1n) is 7.56. The van der Waals surface area contributed by atoms with Gasteiger partial charge >= 0.3 is 5.97 Å². The lowest BCUT2D eigenvalue weighted by atomic mass is 10.2. The molecule has 2 N–H and O–H groups in total. The molecule has 2 aromatic carbocycles. The number of esters is 1. The van der Waals surface area contributed by atoms with Crippen molar-refractivity contribution in [3.05, 3.63) is 47.8 Å². The lowest BCUT2D eigenvalue weighted by Gasteiger charge is -2.14. The number of rotatable bonds is 6. The second kappa shape index (κ2) is 8.04. The minimum atomic E-state index is -4.26. The van der Waals surface area contributed by atoms with E-state index < -0.39 is 26.7 Å². The number of halogens is 1. The smallest absolute Gasteiger partial charge is 0.337 e. The molecule has 0 atom stereocenters. The van der Waals surface area contributed by atoms with Crippen LogP contribution in [0.4, 0.5) is 10.1 Å². The Bertz CT molecular complexity index is 973. The molecule has 0 spiro atoms. The molecule has 0 saturated carbocycles. The molecule has 0 bridgehead atoms. The summed E-state index contributed by atoms with van der Waals surface area (Å²) in [7, 11) is 0.0754. The van der Waals surface area contributed by atoms with Crippen molar-refractivity contribution >= 4 is 28.0 Å². The minimum Gasteiger partial charge on any atom is -0.465 e. The Hall–Kier alpha value is -3.14. The first-order chi connectivity index (χ1) is 12.6. The molecule has 0 aromatic heterocycles. The third-order valence-corrected chi connectivity index (χ3v) is 4.46. The van der Waals surface area contributed by atoms with Crippen molar-refractivity contribution in [1.82, 2.24) is 4.90 Å². The largest absolute Gasteiger partial charge is 0.465 e. The number of anilines is 1. The average molecular weight is 395 g/mol. The number of ether oxygens (including phenoxy) is 2. The number of nitrogen functional groups attached to an aromatic ring is 1. The Balaban J connectivity index is 2.63. The van der Waals surface area contributed by atoms with Crippen LogP contribution < -0.4 is 10.5 Å². The number of sulfonamides is 1. The summed E-state index contributed by atoms with van der Waals surface area (Å²) in [4.78, 5) is 12.8. The van der Waals surface area contributed by atoms with Crippen molar-refractivity contribution in [2.24, 2.45) is 4.40 Å². The molecule has 10 heteroatoms. The Morgan fingerprint density at radius 2 is 1.85 bits per heavy atom. The summed E-state index contributed by atoms with van der Waals surface area (Å²) in [6.07, 6.45) is 1.08. The van der Waals surface area contributed by atoms with Crippen molar-refractivity contribution in [3.63, 3.8) is 0 Å². The average Bonchev–Trinajstić information content (AvgIpc) is 2.62. The highest BCUT2D eigenvalue weighted by Gasteiger charge is 2.25. The Morgan fingerprint density at radius 1 is 1.22 bits per heavy atom. The van der Waals surface area contributed by atoms with Crippen LogP contribution in [0.3, 0.4) is 0 Å². The third-order valence-electron chi connectivity index (χ3n) is 3.23. The van der Waals surface area contributed by atoms with E-state index in [0.717, 1.165) is 31.6 Å². The molecule has 0 fully saturated rings. The highest BCUT2D eigenvalue weighted by molar-refractivity contribution is 7.90. The fourth-order valence-electron chi connectivity index (χ4n) is 1.99. The van der Waals surface area contributed by atoms with Gasteiger partial charge in [-0.15, -0.1) is 4.40 Å². The summed E-state index contributed by atoms with van der Waals surface area (Å²) in [5.74, 6) is -1.34. The van der Waals surface area contributed by atoms with E-state index >= 15 is 0 Å². The second-order valence-electron chi connectivity index (χ2n) is 5.60. The summed E-state index contributed by atoms with van der Waals surface area (Å²) in [6, 6.07) is 7.19. The summed E-state index contributed by atoms with van der Waals surface area (Å²) >= 11 is 0. The van der Waals surface area contributed by atoms with Crippen molar-refractivity contribution in [2.75, 3.05) is 26.9 Å². The number of benzene rings is 2. The molecule has 0 aliphatic carbocycles. The van der Waals surface area contributed by atoms with Gasteiger partial charge in [0, 0.05) is 14.1 Å². The maximum atomic E-state index is 13.1. The van der Waals surface area contributed by atoms with Gasteiger partial charge in [-0.3, -0.25) is 0 Å². The Kier molecular flexibility index (Phi) is 6.01. The topological polar surface area (TPSA) is 111 Å². The van der Waals surface area contributed by atoms with Crippen LogP contribution in [0.5, 0.6) is 11.5 Å². The summed E-state index contributed by atoms with van der Waals surface area (Å²) < 4.78 is 52.1. The highest BCUT2D eigenvalue weighted by Crippen LogP contribution is 2.36. The zero-order chi connectivity index (χ0) is 20.2. The maximum Gasteiger partial charge on any atom is 0.337 e. The van der Waals surface area contributed by atoms with Crippen molar-refractivity contribution in [3.8, 4) is 11.5 Å². The van der Waals surface area contributed by atoms with E-state index in [4.69, 9.17) is 10.5 Å². The minimum absolute atomic E-state index is 0.0833. The predicted molar refractivity (Wildman–Crippen MR) is 98.0 cm³/mol. The molecule has 0 radical (unpaired) electrons. The molecule has 0 amide bonds. The van der Waals surface area contributed by atoms with Crippen molar-refractivity contribution in [1.29, 1.82) is 0 Å². The van der Waals surface area contributed by atoms with Gasteiger partial charge in [0.2, 0.25) is 0 Å². The molecule has 0 saturated heterocycles. The van der Waals surface area contributed by atoms with E-state index in [1.165, 1.54) is 23.1 Å². The monoisotopic (exact) mass is 395 g/mol. The first-order valence-corrected chi connectivity index (χ1v) is 9.00. The molecule has 0 aliphatic rings. The Labute approximate surface area is 156 Å². The predicted octanol–water partition coefficient (Wildman–Crippen LogP) is 2.27. The summed E-state index contributed by atoms with van der Waals surface area (Å²) in [5, 5.41) is 0. The molecular weight excluding hydrogens is 377 g/mol. The molecule has 8 nitrogen and oxygen atoms in total. The molecule has 2 rings (SSSR count). The van der Waals surface area contributed by atoms with Gasteiger partial charge < -0.3 is 20.1 Å². The van der Waals surface area contributed by atoms with E-state index in [1.54, 1.807) is 14.1 Å². The van der Waals surface area contributed by atoms with Gasteiger partial charge in [0.15, 0.2) is 5.75 Å². The number of carbonyl (C=O) groups excluding carboxylic acids is 1. The van der Waals surface area contributed by atoms with E-state index in [9.17, 15) is 17.6 Å². The van der Waals surface area contributed by atoms with E-state index in [-0.39, 0.29) is 22.7 Å². The zero-order valence-electron chi connectivity index (χ0n) is 14.8. The number of nitrogens with two attached hydrogens (primary N) is 1. The SMILES string of the molecule is COC(=O)c1cc(N)c(Oc2ccc(F)cc2)c(S(=O)(=O)/N=C/N(C)C)c1. The number of hydrogen-bond donors (Lipinski definition) is 1. The molecule has 27 heavy (non-hydrogen) atoms. The summed E-state index contributed by atoms with van der Waals surface area (Å²) in [5.41, 5.74) is 5.70. The van der Waals surface area contributed by atoms with Crippen LogP contribution in [0.15, 0.2) is 45.7 Å². The van der Waals surface area contributed by atoms with Gasteiger partial charge in [0.25, 0.3) is 10.0 Å². The van der Waals surface area contributed by atoms with Gasteiger partial charge in [0.05, 0.1) is 18.4 Å². The van der Waals surface area contributed by atoms with Crippen LogP contribution in [0, 0.1) is 5.82 Å². The van der Waals surface area contributed by atoms with Gasteiger partial charge in [-0.2, -0.15) is 8.42 Å². The van der Waals surface area contributed by atoms with Crippen LogP contribution in [0.25, 0.3) is 0 Å². The van der Waals surface area contributed by atoms with E-state index in [0.29, 0.717) is 0 Å². The van der Waals surface area contributed by atoms with E-state index in [1.807, 2.05) is 0 Å². The highest BCUT2D eigenvalue weighted by atomic mass is 32.2. The molecule has 0 unspecified atom stereocenters. The van der Waals surface area contributed by atoms with Crippen LogP contribution in [0.1, 0.15) is 10.4 Å². The summed E-state index contributed by atoms with van der Waals surface area (Å²) in [6.45, 7) is 0. The molecular formula is C17H18FN3O5S. The van der Waals surface area contributed by atoms with Crippen molar-refractivity contribution < 1.29 is 27.1 Å². The van der Waals surface area contributed by atoms with Crippen LogP contribution in [0.2, 0.25) is 0 Å². The van der Waals surface area contributed by atoms with E-state index in [2.05, 4.69) is 9.13 Å². The number of hydrogen-bond acceptors (Lipinski definition) is 6. The number of carbonyl (C=O) groups is 1. The van der Waals surface area contributed by atoms with Gasteiger partial charge in [-0.25, -0.2) is 9.18 Å². The second-order valence-corrected chi connectivity index (χ2v) is 7.20. The molecule has 0 heterocycles. The van der Waals surface area contributed by atoms with Gasteiger partial charge in [-0.05, 0) is 36.4 Å². The van der Waals surface area contributed by atoms with Crippen molar-refractivity contribution in [2.45, 2.75) is 4.90 Å². The quantitative estimate of drug-likeness (QED) is 0.346. The Morgan fingerprint density at radius 3 is 2.41 bits per heavy atom. The first kappa shape index (κ1) is 20.2. The standard InChI is InChI=1S/C17H18FN3O5S/c1-21(2)10-20-27(23,24)15-9-11(17(22)25-3)8-14(19)16(15)26-13-6-4-12(18)5-7-13/h4-10H,19H2,1-3H3/b20-10+. The number of nitrogens with zero attached hydrogens (tertiary/aromatic N) is 2. The fraction of sp³-hybridized carbons (Fsp3) is 0.176. The van der Waals surface area contributed by atoms with Crippen LogP contribution in [-0.4, -0.2) is 46.8 Å². The fourth-order valence-corrected chi connectivity index (χ4v) is 3.09. The third kappa shape index (κ3) is 4.94. The van der Waals surface area contributed by atoms with Crippen LogP contribution >= 0.6 is 0 Å². The lowest BCUT2D eigenvalue weighted by Crippen LogP contribution is -2.12. The lowest BCUT2D eigenvalue weighted by molar-refractivity contribution is 0.0600. The molecule has 144 valence electrons. The van der Waals surface area contributed by atoms with Gasteiger partial charge in [0.1, 0.15) is 22.8 Å². The zero-order valence-corrected chi connectivity index (χ0v) is 15.7. The number of methoxy groups -OCH3 is 1. The molecule has 2 aromatic rings. The maximum absolute atomic E-state index is 13.1. The van der Waals surface area contributed by atoms with Crippen LogP contribution in [-0.2, 0) is 14.8 Å². The normalized spacial score (nSPS) is 11.4.